The van der Waals surface area contributed by atoms with Gasteiger partial charge in [-0.05, 0) is 85.6 Å². The summed E-state index contributed by atoms with van der Waals surface area (Å²) in [6, 6.07) is 15.7. The van der Waals surface area contributed by atoms with E-state index in [2.05, 4.69) is 18.3 Å². The standard InChI is InChI=1S/C28H33NO3/c1-17(18-6-4-3-5-7-18)29-26(31)16-20-15-25-24-10-8-19-14-21(30)9-11-22(19)23(24)12-13-28(25,2)27(20)32/h3-7,9,11,14,17,20,23-25,30H,8,10,12-13,15-16H2,1-2H3,(H,29,31)/t17?,20?,23-,24-,25+,28+/m1/s1. The number of amides is 1. The smallest absolute Gasteiger partial charge is 0.221 e. The molecule has 2 aromatic rings. The van der Waals surface area contributed by atoms with Gasteiger partial charge in [-0.15, -0.1) is 0 Å². The maximum Gasteiger partial charge on any atom is 0.221 e. The number of phenolic OH excluding ortho intramolecular Hbond substituents is 1. The van der Waals surface area contributed by atoms with Crippen molar-refractivity contribution in [1.29, 1.82) is 0 Å². The number of carbonyl (C=O) groups excluding carboxylic acids is 2. The molecule has 0 heterocycles. The van der Waals surface area contributed by atoms with Crippen LogP contribution in [-0.4, -0.2) is 16.8 Å². The molecule has 1 amide bonds. The summed E-state index contributed by atoms with van der Waals surface area (Å²) < 4.78 is 0. The molecule has 168 valence electrons. The number of ketones is 1. The van der Waals surface area contributed by atoms with Crippen molar-refractivity contribution in [2.24, 2.45) is 23.2 Å². The van der Waals surface area contributed by atoms with Crippen molar-refractivity contribution in [3.05, 3.63) is 65.2 Å². The zero-order valence-electron chi connectivity index (χ0n) is 19.0. The van der Waals surface area contributed by atoms with Crippen molar-refractivity contribution < 1.29 is 14.7 Å². The van der Waals surface area contributed by atoms with Crippen molar-refractivity contribution in [2.45, 2.75) is 64.3 Å². The van der Waals surface area contributed by atoms with Crippen LogP contribution < -0.4 is 5.32 Å². The topological polar surface area (TPSA) is 66.4 Å². The molecule has 2 aromatic carbocycles. The molecule has 2 saturated carbocycles. The largest absolute Gasteiger partial charge is 0.508 e. The second kappa shape index (κ2) is 8.06. The fraction of sp³-hybridized carbons (Fsp3) is 0.500. The van der Waals surface area contributed by atoms with Gasteiger partial charge in [-0.3, -0.25) is 9.59 Å². The number of phenols is 1. The van der Waals surface area contributed by atoms with Crippen LogP contribution in [-0.2, 0) is 16.0 Å². The van der Waals surface area contributed by atoms with Crippen LogP contribution in [0.25, 0.3) is 0 Å². The Morgan fingerprint density at radius 1 is 1.19 bits per heavy atom. The molecule has 2 N–H and O–H groups in total. The predicted octanol–water partition coefficient (Wildman–Crippen LogP) is 5.31. The van der Waals surface area contributed by atoms with Crippen molar-refractivity contribution in [2.75, 3.05) is 0 Å². The molecule has 0 aliphatic heterocycles. The first-order valence-electron chi connectivity index (χ1n) is 12.1. The second-order valence-corrected chi connectivity index (χ2v) is 10.5. The molecule has 0 aromatic heterocycles. The summed E-state index contributed by atoms with van der Waals surface area (Å²) in [7, 11) is 0. The third-order valence-electron chi connectivity index (χ3n) is 8.68. The molecule has 0 saturated heterocycles. The van der Waals surface area contributed by atoms with Crippen LogP contribution in [0.15, 0.2) is 48.5 Å². The highest BCUT2D eigenvalue weighted by Gasteiger charge is 2.58. The molecule has 4 heteroatoms. The average Bonchev–Trinajstić information content (AvgIpc) is 3.04. The SMILES string of the molecule is CC(NC(=O)CC1C[C@H]2[C@@H]3CCc4cc(O)ccc4[C@H]3CC[C@]2(C)C1=O)c1ccccc1. The molecule has 0 bridgehead atoms. The minimum atomic E-state index is -0.300. The summed E-state index contributed by atoms with van der Waals surface area (Å²) in [6.07, 6.45) is 5.08. The van der Waals surface area contributed by atoms with Gasteiger partial charge in [0.05, 0.1) is 6.04 Å². The van der Waals surface area contributed by atoms with Gasteiger partial charge in [-0.2, -0.15) is 0 Å². The maximum absolute atomic E-state index is 13.5. The Morgan fingerprint density at radius 3 is 2.75 bits per heavy atom. The summed E-state index contributed by atoms with van der Waals surface area (Å²) in [5.74, 6) is 1.76. The summed E-state index contributed by atoms with van der Waals surface area (Å²) in [5, 5.41) is 13.0. The number of hydrogen-bond donors (Lipinski definition) is 2. The van der Waals surface area contributed by atoms with Gasteiger partial charge in [0.15, 0.2) is 0 Å². The number of aryl methyl sites for hydroxylation is 1. The third-order valence-corrected chi connectivity index (χ3v) is 8.68. The Hall–Kier alpha value is -2.62. The minimum Gasteiger partial charge on any atom is -0.508 e. The van der Waals surface area contributed by atoms with Crippen LogP contribution in [0, 0.1) is 23.2 Å². The van der Waals surface area contributed by atoms with Crippen molar-refractivity contribution in [3.63, 3.8) is 0 Å². The van der Waals surface area contributed by atoms with Crippen molar-refractivity contribution in [3.8, 4) is 5.75 Å². The van der Waals surface area contributed by atoms with Crippen LogP contribution >= 0.6 is 0 Å². The molecular formula is C28H33NO3. The van der Waals surface area contributed by atoms with E-state index in [1.54, 1.807) is 6.07 Å². The number of aromatic hydroxyl groups is 1. The van der Waals surface area contributed by atoms with Gasteiger partial charge in [0.25, 0.3) is 0 Å². The molecule has 2 fully saturated rings. The van der Waals surface area contributed by atoms with E-state index in [1.807, 2.05) is 43.3 Å². The average molecular weight is 432 g/mol. The lowest BCUT2D eigenvalue weighted by molar-refractivity contribution is -0.134. The van der Waals surface area contributed by atoms with Gasteiger partial charge in [0.1, 0.15) is 11.5 Å². The highest BCUT2D eigenvalue weighted by molar-refractivity contribution is 5.93. The van der Waals surface area contributed by atoms with E-state index in [1.165, 1.54) is 11.1 Å². The van der Waals surface area contributed by atoms with Gasteiger partial charge in [0.2, 0.25) is 5.91 Å². The Kier molecular flexibility index (Phi) is 5.35. The summed E-state index contributed by atoms with van der Waals surface area (Å²) in [4.78, 5) is 26.3. The van der Waals surface area contributed by atoms with Crippen LogP contribution in [0.3, 0.4) is 0 Å². The van der Waals surface area contributed by atoms with Gasteiger partial charge in [-0.25, -0.2) is 0 Å². The normalized spacial score (nSPS) is 31.9. The van der Waals surface area contributed by atoms with E-state index in [-0.39, 0.29) is 23.3 Å². The summed E-state index contributed by atoms with van der Waals surface area (Å²) >= 11 is 0. The van der Waals surface area contributed by atoms with E-state index in [0.717, 1.165) is 37.7 Å². The molecule has 32 heavy (non-hydrogen) atoms. The van der Waals surface area contributed by atoms with Gasteiger partial charge >= 0.3 is 0 Å². The molecule has 3 aliphatic carbocycles. The zero-order chi connectivity index (χ0) is 22.5. The Bertz CT molecular complexity index is 1030. The Morgan fingerprint density at radius 2 is 1.97 bits per heavy atom. The third kappa shape index (κ3) is 3.54. The lowest BCUT2D eigenvalue weighted by atomic mass is 9.55. The molecule has 0 spiro atoms. The van der Waals surface area contributed by atoms with Gasteiger partial charge < -0.3 is 10.4 Å². The lowest BCUT2D eigenvalue weighted by Crippen LogP contribution is -2.42. The number of Topliss-reactive ketones (excluding diaryl/α,β-unsaturated/α-hetero) is 1. The highest BCUT2D eigenvalue weighted by atomic mass is 16.3. The van der Waals surface area contributed by atoms with Crippen LogP contribution in [0.1, 0.15) is 74.6 Å². The molecule has 4 nitrogen and oxygen atoms in total. The fourth-order valence-electron chi connectivity index (χ4n) is 7.03. The van der Waals surface area contributed by atoms with Crippen molar-refractivity contribution in [1.82, 2.24) is 5.32 Å². The minimum absolute atomic E-state index is 0.0250. The van der Waals surface area contributed by atoms with E-state index in [9.17, 15) is 14.7 Å². The Balaban J connectivity index is 1.30. The molecular weight excluding hydrogens is 398 g/mol. The molecule has 3 aliphatic rings. The zero-order valence-corrected chi connectivity index (χ0v) is 19.0. The molecule has 2 unspecified atom stereocenters. The van der Waals surface area contributed by atoms with E-state index < -0.39 is 0 Å². The van der Waals surface area contributed by atoms with E-state index in [4.69, 9.17) is 0 Å². The summed E-state index contributed by atoms with van der Waals surface area (Å²) in [5.41, 5.74) is 3.41. The summed E-state index contributed by atoms with van der Waals surface area (Å²) in [6.45, 7) is 4.15. The monoisotopic (exact) mass is 431 g/mol. The highest BCUT2D eigenvalue weighted by Crippen LogP contribution is 2.61. The number of fused-ring (bicyclic) bond motifs is 5. The number of hydrogen-bond acceptors (Lipinski definition) is 3. The lowest BCUT2D eigenvalue weighted by Gasteiger charge is -2.48. The molecule has 5 rings (SSSR count). The first kappa shape index (κ1) is 21.2. The molecule has 0 radical (unpaired) electrons. The first-order valence-corrected chi connectivity index (χ1v) is 12.1. The number of nitrogens with one attached hydrogen (secondary N) is 1. The number of carbonyl (C=O) groups is 2. The van der Waals surface area contributed by atoms with Crippen LogP contribution in [0.4, 0.5) is 0 Å². The quantitative estimate of drug-likeness (QED) is 0.689. The fourth-order valence-corrected chi connectivity index (χ4v) is 7.03. The maximum atomic E-state index is 13.5. The van der Waals surface area contributed by atoms with E-state index in [0.29, 0.717) is 35.7 Å². The van der Waals surface area contributed by atoms with Crippen LogP contribution in [0.2, 0.25) is 0 Å². The van der Waals surface area contributed by atoms with E-state index >= 15 is 0 Å². The number of benzene rings is 2. The van der Waals surface area contributed by atoms with Crippen molar-refractivity contribution >= 4 is 11.7 Å². The first-order chi connectivity index (χ1) is 15.4. The Labute approximate surface area is 190 Å². The van der Waals surface area contributed by atoms with Crippen LogP contribution in [0.5, 0.6) is 5.75 Å². The predicted molar refractivity (Wildman–Crippen MR) is 124 cm³/mol. The van der Waals surface area contributed by atoms with Gasteiger partial charge in [-0.1, -0.05) is 43.3 Å². The van der Waals surface area contributed by atoms with Gasteiger partial charge in [0, 0.05) is 17.8 Å². The second-order valence-electron chi connectivity index (χ2n) is 10.5. The molecule has 6 atom stereocenters. The number of rotatable bonds is 4.